The number of carboxylic acid groups (broad SMARTS) is 1. The molecule has 0 aromatic heterocycles. The van der Waals surface area contributed by atoms with Crippen molar-refractivity contribution in [1.82, 2.24) is 0 Å². The zero-order chi connectivity index (χ0) is 7.56. The molecule has 1 rings (SSSR count). The predicted molar refractivity (Wildman–Crippen MR) is 31.3 cm³/mol. The van der Waals surface area contributed by atoms with Gasteiger partial charge in [-0.2, -0.15) is 0 Å². The molecule has 1 heterocycles. The second-order valence-electron chi connectivity index (χ2n) is 1.90. The average Bonchev–Trinajstić information content (AvgIpc) is 2.36. The van der Waals surface area contributed by atoms with E-state index in [-0.39, 0.29) is 5.57 Å². The number of rotatable bonds is 2. The van der Waals surface area contributed by atoms with Gasteiger partial charge in [0.25, 0.3) is 5.78 Å². The first kappa shape index (κ1) is 6.80. The number of carbonyl (C=O) groups is 2. The molecule has 0 saturated carbocycles. The largest absolute Gasteiger partial charge is 0.500 e. The summed E-state index contributed by atoms with van der Waals surface area (Å²) in [7, 11) is 0. The average molecular weight is 142 g/mol. The van der Waals surface area contributed by atoms with Gasteiger partial charge in [0.2, 0.25) is 0 Å². The number of carboxylic acids is 1. The number of ketones is 1. The fourth-order valence-electron chi connectivity index (χ4n) is 0.692. The molecule has 1 aliphatic heterocycles. The summed E-state index contributed by atoms with van der Waals surface area (Å²) in [6.45, 7) is 0.411. The molecule has 54 valence electrons. The maximum absolute atomic E-state index is 10.6. The second kappa shape index (κ2) is 2.51. The van der Waals surface area contributed by atoms with Crippen LogP contribution in [0.1, 0.15) is 6.42 Å². The van der Waals surface area contributed by atoms with Gasteiger partial charge in [-0.15, -0.1) is 0 Å². The van der Waals surface area contributed by atoms with Gasteiger partial charge in [-0.3, -0.25) is 4.79 Å². The number of aliphatic carboxylic acids is 1. The molecule has 0 radical (unpaired) electrons. The summed E-state index contributed by atoms with van der Waals surface area (Å²) in [6.07, 6.45) is 1.61. The number of carbonyl (C=O) groups excluding carboxylic acids is 1. The Kier molecular flexibility index (Phi) is 1.71. The van der Waals surface area contributed by atoms with Crippen LogP contribution in [-0.4, -0.2) is 23.5 Å². The molecule has 0 saturated heterocycles. The quantitative estimate of drug-likeness (QED) is 0.549. The van der Waals surface area contributed by atoms with Crippen LogP contribution in [0.25, 0.3) is 0 Å². The van der Waals surface area contributed by atoms with Crippen molar-refractivity contribution in [3.05, 3.63) is 11.8 Å². The van der Waals surface area contributed by atoms with E-state index < -0.39 is 11.8 Å². The van der Waals surface area contributed by atoms with Gasteiger partial charge >= 0.3 is 5.97 Å². The molecule has 1 N–H and O–H groups in total. The number of hydrogen-bond donors (Lipinski definition) is 1. The van der Waals surface area contributed by atoms with E-state index in [2.05, 4.69) is 4.74 Å². The first-order valence-electron chi connectivity index (χ1n) is 2.80. The van der Waals surface area contributed by atoms with Crippen LogP contribution in [0, 0.1) is 0 Å². The summed E-state index contributed by atoms with van der Waals surface area (Å²) < 4.78 is 4.68. The van der Waals surface area contributed by atoms with Crippen LogP contribution in [0.5, 0.6) is 0 Å². The van der Waals surface area contributed by atoms with Gasteiger partial charge in [0.15, 0.2) is 0 Å². The summed E-state index contributed by atoms with van der Waals surface area (Å²) >= 11 is 0. The lowest BCUT2D eigenvalue weighted by Crippen LogP contribution is -2.13. The molecule has 0 unspecified atom stereocenters. The second-order valence-corrected chi connectivity index (χ2v) is 1.90. The Morgan fingerprint density at radius 3 is 2.70 bits per heavy atom. The topological polar surface area (TPSA) is 63.6 Å². The summed E-state index contributed by atoms with van der Waals surface area (Å²) in [4.78, 5) is 20.6. The van der Waals surface area contributed by atoms with Crippen LogP contribution in [-0.2, 0) is 14.3 Å². The molecule has 10 heavy (non-hydrogen) atoms. The third kappa shape index (κ3) is 1.15. The van der Waals surface area contributed by atoms with Gasteiger partial charge < -0.3 is 9.84 Å². The zero-order valence-electron chi connectivity index (χ0n) is 5.16. The first-order chi connectivity index (χ1) is 4.72. The van der Waals surface area contributed by atoms with Crippen LogP contribution < -0.4 is 0 Å². The highest BCUT2D eigenvalue weighted by atomic mass is 16.5. The van der Waals surface area contributed by atoms with E-state index in [4.69, 9.17) is 5.11 Å². The maximum Gasteiger partial charge on any atom is 0.377 e. The Morgan fingerprint density at radius 2 is 2.30 bits per heavy atom. The molecular weight excluding hydrogens is 136 g/mol. The van der Waals surface area contributed by atoms with Crippen molar-refractivity contribution in [3.63, 3.8) is 0 Å². The molecule has 0 bridgehead atoms. The van der Waals surface area contributed by atoms with E-state index >= 15 is 0 Å². The van der Waals surface area contributed by atoms with Gasteiger partial charge in [-0.05, 0) is 0 Å². The van der Waals surface area contributed by atoms with E-state index in [0.717, 1.165) is 0 Å². The lowest BCUT2D eigenvalue weighted by molar-refractivity contribution is -0.147. The molecule has 4 nitrogen and oxygen atoms in total. The number of hydrogen-bond acceptors (Lipinski definition) is 3. The Bertz CT molecular complexity index is 204. The lowest BCUT2D eigenvalue weighted by Gasteiger charge is -1.88. The van der Waals surface area contributed by atoms with Gasteiger partial charge in [0.05, 0.1) is 12.9 Å². The highest BCUT2D eigenvalue weighted by Gasteiger charge is 2.20. The van der Waals surface area contributed by atoms with Crippen LogP contribution in [0.15, 0.2) is 11.8 Å². The minimum Gasteiger partial charge on any atom is -0.500 e. The number of ether oxygens (including phenoxy) is 1. The molecule has 1 aliphatic rings. The Balaban J connectivity index is 2.65. The molecule has 0 spiro atoms. The Morgan fingerprint density at radius 1 is 1.60 bits per heavy atom. The molecular formula is C6H6O4. The zero-order valence-corrected chi connectivity index (χ0v) is 5.16. The Labute approximate surface area is 57.1 Å². The van der Waals surface area contributed by atoms with Crippen molar-refractivity contribution in [2.24, 2.45) is 0 Å². The molecule has 4 heteroatoms. The monoisotopic (exact) mass is 142 g/mol. The SMILES string of the molecule is O=C(O)C(=O)C1=COCC1. The van der Waals surface area contributed by atoms with Crippen LogP contribution in [0.3, 0.4) is 0 Å². The van der Waals surface area contributed by atoms with Crippen LogP contribution in [0.2, 0.25) is 0 Å². The normalized spacial score (nSPS) is 15.8. The lowest BCUT2D eigenvalue weighted by atomic mass is 10.1. The predicted octanol–water partition coefficient (Wildman–Crippen LogP) is -0.0557. The molecule has 0 aromatic carbocycles. The minimum atomic E-state index is -1.42. The standard InChI is InChI=1S/C6H6O4/c7-5(6(8)9)4-1-2-10-3-4/h3H,1-2H2,(H,8,9). The third-order valence-corrected chi connectivity index (χ3v) is 1.20. The molecule has 0 atom stereocenters. The molecule has 0 fully saturated rings. The van der Waals surface area contributed by atoms with Crippen molar-refractivity contribution >= 4 is 11.8 Å². The molecule has 0 aromatic rings. The van der Waals surface area contributed by atoms with Gasteiger partial charge in [0.1, 0.15) is 0 Å². The summed E-state index contributed by atoms with van der Waals surface area (Å²) in [6, 6.07) is 0. The van der Waals surface area contributed by atoms with Crippen molar-refractivity contribution in [2.75, 3.05) is 6.61 Å². The first-order valence-corrected chi connectivity index (χ1v) is 2.80. The summed E-state index contributed by atoms with van der Waals surface area (Å²) in [5.74, 6) is -2.28. The van der Waals surface area contributed by atoms with E-state index in [1.54, 1.807) is 0 Å². The van der Waals surface area contributed by atoms with Crippen molar-refractivity contribution in [2.45, 2.75) is 6.42 Å². The van der Waals surface area contributed by atoms with E-state index in [1.165, 1.54) is 6.26 Å². The highest BCUT2D eigenvalue weighted by molar-refractivity contribution is 6.39. The van der Waals surface area contributed by atoms with Gasteiger partial charge in [-0.1, -0.05) is 0 Å². The van der Waals surface area contributed by atoms with Crippen molar-refractivity contribution < 1.29 is 19.4 Å². The third-order valence-electron chi connectivity index (χ3n) is 1.20. The van der Waals surface area contributed by atoms with E-state index in [0.29, 0.717) is 13.0 Å². The molecule has 0 aliphatic carbocycles. The smallest absolute Gasteiger partial charge is 0.377 e. The Hall–Kier alpha value is -1.32. The summed E-state index contributed by atoms with van der Waals surface area (Å²) in [5.41, 5.74) is 0.243. The number of Topliss-reactive ketones (excluding diaryl/α,β-unsaturated/α-hetero) is 1. The van der Waals surface area contributed by atoms with E-state index in [9.17, 15) is 9.59 Å². The van der Waals surface area contributed by atoms with Crippen LogP contribution >= 0.6 is 0 Å². The molecule has 0 amide bonds. The fourth-order valence-corrected chi connectivity index (χ4v) is 0.692. The van der Waals surface area contributed by atoms with Crippen LogP contribution in [0.4, 0.5) is 0 Å². The highest BCUT2D eigenvalue weighted by Crippen LogP contribution is 2.10. The van der Waals surface area contributed by atoms with Crippen molar-refractivity contribution in [3.8, 4) is 0 Å². The van der Waals surface area contributed by atoms with Gasteiger partial charge in [0, 0.05) is 12.0 Å². The minimum absolute atomic E-state index is 0.243. The van der Waals surface area contributed by atoms with Crippen molar-refractivity contribution in [1.29, 1.82) is 0 Å². The van der Waals surface area contributed by atoms with Gasteiger partial charge in [-0.25, -0.2) is 4.79 Å². The van der Waals surface area contributed by atoms with E-state index in [1.807, 2.05) is 0 Å². The summed E-state index contributed by atoms with van der Waals surface area (Å²) in [5, 5.41) is 8.20. The fraction of sp³-hybridized carbons (Fsp3) is 0.333. The maximum atomic E-state index is 10.6.